The normalized spacial score (nSPS) is 14.3. The molecule has 60 heavy (non-hydrogen) atoms. The van der Waals surface area contributed by atoms with E-state index in [9.17, 15) is 0 Å². The topological polar surface area (TPSA) is 0 Å². The molecule has 0 aliphatic heterocycles. The molecule has 0 unspecified atom stereocenters. The van der Waals surface area contributed by atoms with E-state index in [0.717, 1.165) is 0 Å². The van der Waals surface area contributed by atoms with E-state index in [0.29, 0.717) is 0 Å². The first-order valence-electron chi connectivity index (χ1n) is 21.3. The number of rotatable bonds is 4. The Kier molecular flexibility index (Phi) is 7.42. The molecule has 0 aromatic heterocycles. The van der Waals surface area contributed by atoms with Crippen LogP contribution in [0.15, 0.2) is 194 Å². The van der Waals surface area contributed by atoms with Gasteiger partial charge in [0.05, 0.1) is 0 Å². The molecule has 0 atom stereocenters. The Labute approximate surface area is 352 Å². The third kappa shape index (κ3) is 5.04. The highest BCUT2D eigenvalue weighted by molar-refractivity contribution is 6.22. The molecule has 0 heteroatoms. The predicted octanol–water partition coefficient (Wildman–Crippen LogP) is 16.4. The average molecular weight is 765 g/mol. The number of benzene rings is 10. The first kappa shape index (κ1) is 35.0. The van der Waals surface area contributed by atoms with Gasteiger partial charge in [0.1, 0.15) is 0 Å². The zero-order valence-corrected chi connectivity index (χ0v) is 34.5. The zero-order chi connectivity index (χ0) is 40.3. The second-order valence-electron chi connectivity index (χ2n) is 18.1. The summed E-state index contributed by atoms with van der Waals surface area (Å²) in [5.41, 5.74) is 20.8. The van der Waals surface area contributed by atoms with Crippen LogP contribution in [0.4, 0.5) is 0 Å². The second-order valence-corrected chi connectivity index (χ2v) is 18.1. The van der Waals surface area contributed by atoms with Crippen molar-refractivity contribution in [2.24, 2.45) is 0 Å². The predicted molar refractivity (Wildman–Crippen MR) is 256 cm³/mol. The summed E-state index contributed by atoms with van der Waals surface area (Å²) < 4.78 is 0. The summed E-state index contributed by atoms with van der Waals surface area (Å²) in [5.74, 6) is 0. The molecule has 284 valence electrons. The minimum Gasteiger partial charge on any atom is -0.0619 e. The van der Waals surface area contributed by atoms with Gasteiger partial charge in [-0.15, -0.1) is 0 Å². The lowest BCUT2D eigenvalue weighted by molar-refractivity contribution is 0.660. The molecule has 0 saturated carbocycles. The maximum Gasteiger partial charge on any atom is 0.0159 e. The summed E-state index contributed by atoms with van der Waals surface area (Å²) in [6.07, 6.45) is 0. The summed E-state index contributed by atoms with van der Waals surface area (Å²) in [4.78, 5) is 0. The van der Waals surface area contributed by atoms with Gasteiger partial charge in [0.2, 0.25) is 0 Å². The Hall–Kier alpha value is -7.02. The minimum atomic E-state index is -0.101. The number of hydrogen-bond donors (Lipinski definition) is 0. The standard InChI is InChI=1S/C60H44/c1-59(2)53-22-11-9-18-45(53)47-29-26-42(35-55(47)59)41-27-31-51-52(34-41)58(44-28-30-48-46-19-10-12-23-54(46)60(3,4)56(48)36-44)50-21-8-7-20-49(50)57(51)43-17-13-16-39(33-43)40-25-24-37-14-5-6-15-38(37)32-40/h5-36H,1-4H3. The van der Waals surface area contributed by atoms with E-state index < -0.39 is 0 Å². The largest absolute Gasteiger partial charge is 0.0619 e. The molecular formula is C60H44. The molecule has 2 aliphatic rings. The molecule has 0 radical (unpaired) electrons. The molecule has 0 fully saturated rings. The van der Waals surface area contributed by atoms with Crippen LogP contribution in [0.1, 0.15) is 49.9 Å². The van der Waals surface area contributed by atoms with Crippen molar-refractivity contribution in [3.05, 3.63) is 216 Å². The summed E-state index contributed by atoms with van der Waals surface area (Å²) in [6, 6.07) is 73.3. The van der Waals surface area contributed by atoms with E-state index >= 15 is 0 Å². The Bertz CT molecular complexity index is 3430. The van der Waals surface area contributed by atoms with E-state index in [1.807, 2.05) is 0 Å². The molecule has 0 saturated heterocycles. The van der Waals surface area contributed by atoms with Gasteiger partial charge in [-0.2, -0.15) is 0 Å². The average Bonchev–Trinajstić information content (AvgIpc) is 3.66. The monoisotopic (exact) mass is 764 g/mol. The number of hydrogen-bond acceptors (Lipinski definition) is 0. The third-order valence-corrected chi connectivity index (χ3v) is 14.0. The highest BCUT2D eigenvalue weighted by Gasteiger charge is 2.37. The van der Waals surface area contributed by atoms with E-state index in [1.165, 1.54) is 121 Å². The van der Waals surface area contributed by atoms with Crippen LogP contribution in [0.2, 0.25) is 0 Å². The van der Waals surface area contributed by atoms with Crippen LogP contribution in [-0.4, -0.2) is 0 Å². The molecule has 0 N–H and O–H groups in total. The molecular weight excluding hydrogens is 721 g/mol. The van der Waals surface area contributed by atoms with E-state index in [1.54, 1.807) is 0 Å². The van der Waals surface area contributed by atoms with Crippen molar-refractivity contribution in [3.63, 3.8) is 0 Å². The Morgan fingerprint density at radius 1 is 0.250 bits per heavy atom. The molecule has 10 aromatic rings. The Morgan fingerprint density at radius 3 is 1.38 bits per heavy atom. The molecule has 10 aromatic carbocycles. The smallest absolute Gasteiger partial charge is 0.0159 e. The van der Waals surface area contributed by atoms with Gasteiger partial charge in [0.25, 0.3) is 0 Å². The number of fused-ring (bicyclic) bond motifs is 9. The van der Waals surface area contributed by atoms with Crippen molar-refractivity contribution < 1.29 is 0 Å². The maximum atomic E-state index is 2.50. The van der Waals surface area contributed by atoms with Crippen molar-refractivity contribution >= 4 is 32.3 Å². The van der Waals surface area contributed by atoms with Gasteiger partial charge >= 0.3 is 0 Å². The fourth-order valence-electron chi connectivity index (χ4n) is 10.9. The fraction of sp³-hybridized carbons (Fsp3) is 0.100. The Balaban J connectivity index is 1.11. The molecule has 0 amide bonds. The zero-order valence-electron chi connectivity index (χ0n) is 34.5. The van der Waals surface area contributed by atoms with Gasteiger partial charge in [-0.05, 0) is 152 Å². The van der Waals surface area contributed by atoms with Gasteiger partial charge in [0, 0.05) is 10.8 Å². The van der Waals surface area contributed by atoms with Crippen molar-refractivity contribution in [2.45, 2.75) is 38.5 Å². The van der Waals surface area contributed by atoms with Crippen LogP contribution in [0.3, 0.4) is 0 Å². The Morgan fingerprint density at radius 2 is 0.683 bits per heavy atom. The molecule has 0 heterocycles. The molecule has 12 rings (SSSR count). The van der Waals surface area contributed by atoms with E-state index in [4.69, 9.17) is 0 Å². The van der Waals surface area contributed by atoms with Crippen LogP contribution in [0.25, 0.3) is 99.1 Å². The van der Waals surface area contributed by atoms with Gasteiger partial charge in [-0.25, -0.2) is 0 Å². The summed E-state index contributed by atoms with van der Waals surface area (Å²) in [7, 11) is 0. The van der Waals surface area contributed by atoms with Crippen LogP contribution >= 0.6 is 0 Å². The van der Waals surface area contributed by atoms with Gasteiger partial charge in [-0.3, -0.25) is 0 Å². The van der Waals surface area contributed by atoms with Gasteiger partial charge < -0.3 is 0 Å². The molecule has 2 aliphatic carbocycles. The lowest BCUT2D eigenvalue weighted by Gasteiger charge is -2.23. The van der Waals surface area contributed by atoms with Crippen LogP contribution in [0.5, 0.6) is 0 Å². The van der Waals surface area contributed by atoms with E-state index in [-0.39, 0.29) is 10.8 Å². The third-order valence-electron chi connectivity index (χ3n) is 14.0. The van der Waals surface area contributed by atoms with Crippen molar-refractivity contribution in [2.75, 3.05) is 0 Å². The lowest BCUT2D eigenvalue weighted by Crippen LogP contribution is -2.14. The summed E-state index contributed by atoms with van der Waals surface area (Å²) in [6.45, 7) is 9.51. The lowest BCUT2D eigenvalue weighted by atomic mass is 9.80. The first-order valence-corrected chi connectivity index (χ1v) is 21.3. The molecule has 0 spiro atoms. The summed E-state index contributed by atoms with van der Waals surface area (Å²) in [5, 5.41) is 7.59. The maximum absolute atomic E-state index is 2.50. The minimum absolute atomic E-state index is 0.0713. The molecule has 0 nitrogen and oxygen atoms in total. The fourth-order valence-corrected chi connectivity index (χ4v) is 10.9. The molecule has 0 bridgehead atoms. The van der Waals surface area contributed by atoms with Crippen molar-refractivity contribution in [3.8, 4) is 66.8 Å². The highest BCUT2D eigenvalue weighted by Crippen LogP contribution is 2.53. The van der Waals surface area contributed by atoms with Crippen LogP contribution < -0.4 is 0 Å². The summed E-state index contributed by atoms with van der Waals surface area (Å²) >= 11 is 0. The first-order chi connectivity index (χ1) is 29.3. The van der Waals surface area contributed by atoms with Crippen molar-refractivity contribution in [1.29, 1.82) is 0 Å². The highest BCUT2D eigenvalue weighted by atomic mass is 14.4. The van der Waals surface area contributed by atoms with E-state index in [2.05, 4.69) is 222 Å². The van der Waals surface area contributed by atoms with Gasteiger partial charge in [0.15, 0.2) is 0 Å². The van der Waals surface area contributed by atoms with Gasteiger partial charge in [-0.1, -0.05) is 191 Å². The van der Waals surface area contributed by atoms with Crippen LogP contribution in [0, 0.1) is 0 Å². The second kappa shape index (κ2) is 12.7. The quantitative estimate of drug-likeness (QED) is 0.157. The van der Waals surface area contributed by atoms with Crippen LogP contribution in [-0.2, 0) is 10.8 Å². The van der Waals surface area contributed by atoms with Crippen molar-refractivity contribution in [1.82, 2.24) is 0 Å². The SMILES string of the molecule is CC1(C)c2ccccc2-c2ccc(-c3ccc4c(-c5cccc(-c6ccc7ccccc7c6)c5)c5ccccc5c(-c5ccc6c(c5)C(C)(C)c5ccccc5-6)c4c3)cc21.